The number of hydrogen-bond donors (Lipinski definition) is 1. The molecule has 0 saturated carbocycles. The fourth-order valence-electron chi connectivity index (χ4n) is 3.57. The van der Waals surface area contributed by atoms with Crippen molar-refractivity contribution in [2.75, 3.05) is 4.90 Å². The smallest absolute Gasteiger partial charge is 0.296 e. The van der Waals surface area contributed by atoms with Crippen LogP contribution < -0.4 is 4.90 Å². The number of halogens is 1. The highest BCUT2D eigenvalue weighted by molar-refractivity contribution is 7.22. The molecule has 0 saturated heterocycles. The number of thiazole rings is 1. The molecule has 0 aliphatic carbocycles. The highest BCUT2D eigenvalue weighted by Gasteiger charge is 2.46. The van der Waals surface area contributed by atoms with E-state index in [9.17, 15) is 14.7 Å². The van der Waals surface area contributed by atoms with Crippen LogP contribution in [0, 0.1) is 6.92 Å². The van der Waals surface area contributed by atoms with E-state index in [1.54, 1.807) is 55.7 Å². The molecule has 7 nitrogen and oxygen atoms in total. The van der Waals surface area contributed by atoms with Crippen molar-refractivity contribution in [2.24, 2.45) is 0 Å². The molecule has 1 aliphatic heterocycles. The third-order valence-corrected chi connectivity index (χ3v) is 6.24. The number of aromatic nitrogens is 2. The average Bonchev–Trinajstić information content (AvgIpc) is 3.44. The number of benzene rings is 1. The maximum absolute atomic E-state index is 13.3. The van der Waals surface area contributed by atoms with Crippen molar-refractivity contribution in [1.29, 1.82) is 0 Å². The Bertz CT molecular complexity index is 1380. The Morgan fingerprint density at radius 1 is 1.19 bits per heavy atom. The topological polar surface area (TPSA) is 96.5 Å². The second-order valence-electron chi connectivity index (χ2n) is 6.97. The van der Waals surface area contributed by atoms with Gasteiger partial charge in [-0.15, -0.1) is 0 Å². The maximum Gasteiger partial charge on any atom is 0.296 e. The minimum absolute atomic E-state index is 0.0452. The van der Waals surface area contributed by atoms with Crippen LogP contribution in [0.5, 0.6) is 0 Å². The standard InChI is InChI=1S/C22H14ClN3O4S/c1-11-2-5-15(30-11)19(27)17-18(12-6-8-24-9-7-12)26(21(29)20(17)28)22-25-14-4-3-13(23)10-16(14)31-22/h2-10,18,28H,1H3. The van der Waals surface area contributed by atoms with Crippen molar-refractivity contribution < 1.29 is 19.1 Å². The SMILES string of the molecule is Cc1ccc(C(=O)C2=C(O)C(=O)N(c3nc4ccc(Cl)cc4s3)C2c2ccncc2)o1. The molecule has 1 amide bonds. The Kier molecular flexibility index (Phi) is 4.60. The molecular formula is C22H14ClN3O4S. The van der Waals surface area contributed by atoms with Crippen molar-refractivity contribution >= 4 is 50.0 Å². The molecule has 9 heteroatoms. The molecule has 31 heavy (non-hydrogen) atoms. The third kappa shape index (κ3) is 3.20. The zero-order valence-electron chi connectivity index (χ0n) is 16.1. The van der Waals surface area contributed by atoms with Crippen LogP contribution in [0.3, 0.4) is 0 Å². The molecule has 3 aromatic heterocycles. The van der Waals surface area contributed by atoms with Crippen LogP contribution in [0.15, 0.2) is 70.6 Å². The molecule has 0 spiro atoms. The molecule has 4 heterocycles. The van der Waals surface area contributed by atoms with Crippen LogP contribution in [0.1, 0.15) is 27.9 Å². The Morgan fingerprint density at radius 2 is 1.97 bits per heavy atom. The van der Waals surface area contributed by atoms with Crippen LogP contribution in [-0.4, -0.2) is 26.8 Å². The second-order valence-corrected chi connectivity index (χ2v) is 8.41. The first-order valence-corrected chi connectivity index (χ1v) is 10.5. The number of Topliss-reactive ketones (excluding diaryl/α,β-unsaturated/α-hetero) is 1. The summed E-state index contributed by atoms with van der Waals surface area (Å²) < 4.78 is 6.25. The number of carbonyl (C=O) groups excluding carboxylic acids is 2. The lowest BCUT2D eigenvalue weighted by molar-refractivity contribution is -0.117. The molecular weight excluding hydrogens is 438 g/mol. The number of amides is 1. The molecule has 0 radical (unpaired) electrons. The number of aliphatic hydroxyl groups excluding tert-OH is 1. The Hall–Kier alpha value is -3.49. The van der Waals surface area contributed by atoms with Gasteiger partial charge < -0.3 is 9.52 Å². The summed E-state index contributed by atoms with van der Waals surface area (Å²) in [5.74, 6) is -1.30. The van der Waals surface area contributed by atoms with Gasteiger partial charge in [0.25, 0.3) is 5.91 Å². The number of anilines is 1. The number of hydrogen-bond acceptors (Lipinski definition) is 7. The van der Waals surface area contributed by atoms with Crippen LogP contribution in [0.4, 0.5) is 5.13 Å². The summed E-state index contributed by atoms with van der Waals surface area (Å²) in [6.07, 6.45) is 3.12. The van der Waals surface area contributed by atoms with Crippen molar-refractivity contribution in [3.8, 4) is 0 Å². The van der Waals surface area contributed by atoms with E-state index in [1.807, 2.05) is 0 Å². The molecule has 0 fully saturated rings. The van der Waals surface area contributed by atoms with Gasteiger partial charge in [0.1, 0.15) is 5.76 Å². The van der Waals surface area contributed by atoms with Gasteiger partial charge in [-0.05, 0) is 55.0 Å². The van der Waals surface area contributed by atoms with Gasteiger partial charge in [-0.1, -0.05) is 22.9 Å². The van der Waals surface area contributed by atoms with Crippen molar-refractivity contribution in [1.82, 2.24) is 9.97 Å². The van der Waals surface area contributed by atoms with E-state index in [2.05, 4.69) is 9.97 Å². The van der Waals surface area contributed by atoms with Crippen LogP contribution in [0.25, 0.3) is 10.2 Å². The lowest BCUT2D eigenvalue weighted by atomic mass is 9.96. The van der Waals surface area contributed by atoms with Gasteiger partial charge in [0.15, 0.2) is 16.7 Å². The molecule has 1 aliphatic rings. The predicted molar refractivity (Wildman–Crippen MR) is 117 cm³/mol. The normalized spacial score (nSPS) is 16.5. The van der Waals surface area contributed by atoms with E-state index in [0.29, 0.717) is 27.0 Å². The maximum atomic E-state index is 13.3. The van der Waals surface area contributed by atoms with Gasteiger partial charge in [-0.25, -0.2) is 4.98 Å². The van der Waals surface area contributed by atoms with E-state index < -0.39 is 23.5 Å². The largest absolute Gasteiger partial charge is 0.503 e. The lowest BCUT2D eigenvalue weighted by Crippen LogP contribution is -2.30. The molecule has 4 aromatic rings. The summed E-state index contributed by atoms with van der Waals surface area (Å²) in [6, 6.07) is 10.9. The van der Waals surface area contributed by atoms with Crippen LogP contribution >= 0.6 is 22.9 Å². The van der Waals surface area contributed by atoms with Gasteiger partial charge >= 0.3 is 0 Å². The van der Waals surface area contributed by atoms with Gasteiger partial charge in [0.2, 0.25) is 5.78 Å². The van der Waals surface area contributed by atoms with E-state index in [4.69, 9.17) is 16.0 Å². The highest BCUT2D eigenvalue weighted by Crippen LogP contribution is 2.44. The zero-order chi connectivity index (χ0) is 21.7. The number of ketones is 1. The van der Waals surface area contributed by atoms with Gasteiger partial charge in [0.05, 0.1) is 21.8 Å². The summed E-state index contributed by atoms with van der Waals surface area (Å²) >= 11 is 7.33. The fraction of sp³-hybridized carbons (Fsp3) is 0.0909. The summed E-state index contributed by atoms with van der Waals surface area (Å²) in [5.41, 5.74) is 1.20. The number of aliphatic hydroxyl groups is 1. The molecule has 0 bridgehead atoms. The molecule has 1 unspecified atom stereocenters. The number of nitrogens with zero attached hydrogens (tertiary/aromatic N) is 3. The molecule has 154 valence electrons. The molecule has 1 N–H and O–H groups in total. The number of carbonyl (C=O) groups is 2. The highest BCUT2D eigenvalue weighted by atomic mass is 35.5. The third-order valence-electron chi connectivity index (χ3n) is 4.98. The summed E-state index contributed by atoms with van der Waals surface area (Å²) in [5, 5.41) is 11.6. The fourth-order valence-corrected chi connectivity index (χ4v) is 4.84. The number of fused-ring (bicyclic) bond motifs is 1. The monoisotopic (exact) mass is 451 g/mol. The van der Waals surface area contributed by atoms with Gasteiger partial charge in [-0.3, -0.25) is 19.5 Å². The number of aryl methyl sites for hydroxylation is 1. The quantitative estimate of drug-likeness (QED) is 0.437. The van der Waals surface area contributed by atoms with Crippen LogP contribution in [0.2, 0.25) is 5.02 Å². The summed E-state index contributed by atoms with van der Waals surface area (Å²) in [6.45, 7) is 1.71. The van der Waals surface area contributed by atoms with Crippen molar-refractivity contribution in [3.63, 3.8) is 0 Å². The number of rotatable bonds is 4. The second kappa shape index (κ2) is 7.33. The Labute approximate surface area is 185 Å². The number of pyridine rings is 1. The Morgan fingerprint density at radius 3 is 2.68 bits per heavy atom. The number of furan rings is 1. The van der Waals surface area contributed by atoms with E-state index in [1.165, 1.54) is 22.3 Å². The molecule has 1 aromatic carbocycles. The van der Waals surface area contributed by atoms with E-state index in [-0.39, 0.29) is 11.3 Å². The average molecular weight is 452 g/mol. The first kappa shape index (κ1) is 19.5. The first-order valence-electron chi connectivity index (χ1n) is 9.28. The Balaban J connectivity index is 1.67. The molecule has 5 rings (SSSR count). The summed E-state index contributed by atoms with van der Waals surface area (Å²) in [4.78, 5) is 36.3. The van der Waals surface area contributed by atoms with Gasteiger partial charge in [-0.2, -0.15) is 0 Å². The predicted octanol–water partition coefficient (Wildman–Crippen LogP) is 5.03. The summed E-state index contributed by atoms with van der Waals surface area (Å²) in [7, 11) is 0. The minimum Gasteiger partial charge on any atom is -0.503 e. The van der Waals surface area contributed by atoms with E-state index in [0.717, 1.165) is 4.70 Å². The van der Waals surface area contributed by atoms with Crippen molar-refractivity contribution in [2.45, 2.75) is 13.0 Å². The molecule has 1 atom stereocenters. The van der Waals surface area contributed by atoms with Crippen LogP contribution in [-0.2, 0) is 4.79 Å². The van der Waals surface area contributed by atoms with Crippen molar-refractivity contribution in [3.05, 3.63) is 88.3 Å². The van der Waals surface area contributed by atoms with Gasteiger partial charge in [0, 0.05) is 17.4 Å². The first-order chi connectivity index (χ1) is 14.9. The van der Waals surface area contributed by atoms with E-state index >= 15 is 0 Å². The minimum atomic E-state index is -0.885. The zero-order valence-corrected chi connectivity index (χ0v) is 17.6. The lowest BCUT2D eigenvalue weighted by Gasteiger charge is -2.24.